The van der Waals surface area contributed by atoms with E-state index in [1.165, 1.54) is 6.34 Å². The van der Waals surface area contributed by atoms with Crippen molar-refractivity contribution in [2.45, 2.75) is 0 Å². The zero-order chi connectivity index (χ0) is 7.82. The molecule has 0 spiro atoms. The number of hydrogen-bond donors (Lipinski definition) is 0. The Balaban J connectivity index is 3.58. The molecule has 0 aliphatic carbocycles. The van der Waals surface area contributed by atoms with Crippen LogP contribution in [0.25, 0.3) is 0 Å². The molecule has 0 aromatic rings. The molecule has 0 bridgehead atoms. The molecule has 10 heavy (non-hydrogen) atoms. The molecule has 0 aromatic heterocycles. The average molecular weight is 137 g/mol. The monoisotopic (exact) mass is 137 g/mol. The number of nitrogens with zero attached hydrogens (tertiary/aromatic N) is 3. The first-order chi connectivity index (χ1) is 4.81. The van der Waals surface area contributed by atoms with Crippen LogP contribution in [0.4, 0.5) is 0 Å². The van der Waals surface area contributed by atoms with Gasteiger partial charge in [0.2, 0.25) is 0 Å². The minimum atomic E-state index is 0.538. The van der Waals surface area contributed by atoms with E-state index in [1.54, 1.807) is 13.3 Å². The van der Waals surface area contributed by atoms with Crippen LogP contribution in [-0.4, -0.2) is 32.9 Å². The molecule has 0 saturated carbocycles. The summed E-state index contributed by atoms with van der Waals surface area (Å²) < 4.78 is 0. The van der Waals surface area contributed by atoms with Crippen molar-refractivity contribution in [3.63, 3.8) is 0 Å². The molecule has 0 amide bonds. The Kier molecular flexibility index (Phi) is 5.14. The smallest absolute Gasteiger partial charge is 0.109 e. The van der Waals surface area contributed by atoms with Crippen LogP contribution >= 0.6 is 0 Å². The van der Waals surface area contributed by atoms with Crippen molar-refractivity contribution in [2.75, 3.05) is 13.6 Å². The summed E-state index contributed by atoms with van der Waals surface area (Å²) in [5, 5.41) is 0. The molecule has 0 rings (SSSR count). The van der Waals surface area contributed by atoms with Gasteiger partial charge < -0.3 is 0 Å². The summed E-state index contributed by atoms with van der Waals surface area (Å²) in [6, 6.07) is 0. The first-order valence-corrected chi connectivity index (χ1v) is 2.85. The van der Waals surface area contributed by atoms with Crippen LogP contribution in [0.15, 0.2) is 27.1 Å². The predicted octanol–water partition coefficient (Wildman–Crippen LogP) is 0.972. The molecule has 0 unspecified atom stereocenters. The van der Waals surface area contributed by atoms with Gasteiger partial charge in [0, 0.05) is 13.3 Å². The molecule has 0 aromatic carbocycles. The maximum atomic E-state index is 3.86. The topological polar surface area (TPSA) is 37.1 Å². The van der Waals surface area contributed by atoms with Crippen molar-refractivity contribution in [3.05, 3.63) is 12.2 Å². The van der Waals surface area contributed by atoms with Gasteiger partial charge in [-0.15, -0.1) is 0 Å². The van der Waals surface area contributed by atoms with Crippen LogP contribution in [0.2, 0.25) is 0 Å². The lowest BCUT2D eigenvalue weighted by atomic mass is 10.3. The van der Waals surface area contributed by atoms with Crippen molar-refractivity contribution < 1.29 is 0 Å². The largest absolute Gasteiger partial charge is 0.296 e. The van der Waals surface area contributed by atoms with Gasteiger partial charge in [-0.3, -0.25) is 15.0 Å². The second-order valence-electron chi connectivity index (χ2n) is 1.68. The van der Waals surface area contributed by atoms with Gasteiger partial charge in [0.05, 0.1) is 6.54 Å². The summed E-state index contributed by atoms with van der Waals surface area (Å²) in [5.74, 6) is 0. The Morgan fingerprint density at radius 3 is 2.80 bits per heavy atom. The first kappa shape index (κ1) is 8.75. The summed E-state index contributed by atoms with van der Waals surface area (Å²) in [6.07, 6.45) is 3.06. The molecule has 0 radical (unpaired) electrons. The minimum absolute atomic E-state index is 0.538. The van der Waals surface area contributed by atoms with Crippen LogP contribution in [0, 0.1) is 0 Å². The summed E-state index contributed by atoms with van der Waals surface area (Å²) >= 11 is 0. The molecular weight excluding hydrogens is 126 g/mol. The van der Waals surface area contributed by atoms with Crippen LogP contribution < -0.4 is 0 Å². The van der Waals surface area contributed by atoms with Crippen molar-refractivity contribution in [1.82, 2.24) is 0 Å². The number of rotatable bonds is 4. The van der Waals surface area contributed by atoms with Crippen molar-refractivity contribution in [3.8, 4) is 0 Å². The van der Waals surface area contributed by atoms with Gasteiger partial charge in [-0.1, -0.05) is 6.58 Å². The summed E-state index contributed by atoms with van der Waals surface area (Å²) in [4.78, 5) is 11.1. The third-order valence-corrected chi connectivity index (χ3v) is 0.769. The first-order valence-electron chi connectivity index (χ1n) is 2.85. The zero-order valence-electron chi connectivity index (χ0n) is 6.12. The Bertz CT molecular complexity index is 168. The van der Waals surface area contributed by atoms with Gasteiger partial charge >= 0.3 is 0 Å². The van der Waals surface area contributed by atoms with Crippen LogP contribution in [0.1, 0.15) is 0 Å². The molecule has 0 heterocycles. The normalized spacial score (nSPS) is 10.9. The lowest BCUT2D eigenvalue weighted by Gasteiger charge is -1.88. The highest BCUT2D eigenvalue weighted by molar-refractivity contribution is 5.78. The highest BCUT2D eigenvalue weighted by Gasteiger charge is 1.82. The standard InChI is InChI=1S/C7H11N3/c1-7(4-8-2)5-10-6-9-3/h4,6H,1,3,5H2,2H3/b8-4-,10-6-. The van der Waals surface area contributed by atoms with Gasteiger partial charge in [-0.2, -0.15) is 0 Å². The quantitative estimate of drug-likeness (QED) is 0.409. The maximum Gasteiger partial charge on any atom is 0.109 e. The zero-order valence-corrected chi connectivity index (χ0v) is 6.12. The third-order valence-electron chi connectivity index (χ3n) is 0.769. The molecule has 0 fully saturated rings. The SMILES string of the molecule is C=N/C=N\CC(=C)/C=N\C. The summed E-state index contributed by atoms with van der Waals surface area (Å²) in [6.45, 7) is 7.47. The number of aliphatic imine (C=N–C) groups is 3. The van der Waals surface area contributed by atoms with Gasteiger partial charge in [-0.05, 0) is 12.3 Å². The highest BCUT2D eigenvalue weighted by atomic mass is 14.8. The van der Waals surface area contributed by atoms with Gasteiger partial charge in [0.1, 0.15) is 6.34 Å². The Labute approximate surface area is 60.9 Å². The molecule has 0 aliphatic heterocycles. The molecular formula is C7H11N3. The number of hydrogen-bond acceptors (Lipinski definition) is 2. The average Bonchev–Trinajstić information content (AvgIpc) is 1.89. The highest BCUT2D eigenvalue weighted by Crippen LogP contribution is 1.84. The van der Waals surface area contributed by atoms with E-state index in [4.69, 9.17) is 0 Å². The van der Waals surface area contributed by atoms with Gasteiger partial charge in [-0.25, -0.2) is 0 Å². The van der Waals surface area contributed by atoms with Gasteiger partial charge in [0.15, 0.2) is 0 Å². The molecule has 0 atom stereocenters. The van der Waals surface area contributed by atoms with E-state index in [0.717, 1.165) is 5.57 Å². The molecule has 3 nitrogen and oxygen atoms in total. The maximum absolute atomic E-state index is 3.86. The lowest BCUT2D eigenvalue weighted by molar-refractivity contribution is 1.22. The van der Waals surface area contributed by atoms with E-state index in [2.05, 4.69) is 28.3 Å². The van der Waals surface area contributed by atoms with Crippen LogP contribution in [0.5, 0.6) is 0 Å². The Morgan fingerprint density at radius 1 is 1.60 bits per heavy atom. The molecule has 0 saturated heterocycles. The second-order valence-corrected chi connectivity index (χ2v) is 1.68. The van der Waals surface area contributed by atoms with Crippen molar-refractivity contribution in [1.29, 1.82) is 0 Å². The summed E-state index contributed by atoms with van der Waals surface area (Å²) in [7, 11) is 1.70. The third kappa shape index (κ3) is 4.90. The minimum Gasteiger partial charge on any atom is -0.296 e. The van der Waals surface area contributed by atoms with E-state index < -0.39 is 0 Å². The van der Waals surface area contributed by atoms with E-state index >= 15 is 0 Å². The molecule has 3 heteroatoms. The lowest BCUT2D eigenvalue weighted by Crippen LogP contribution is -1.87. The predicted molar refractivity (Wildman–Crippen MR) is 46.5 cm³/mol. The molecule has 0 aliphatic rings. The summed E-state index contributed by atoms with van der Waals surface area (Å²) in [5.41, 5.74) is 0.863. The van der Waals surface area contributed by atoms with E-state index in [9.17, 15) is 0 Å². The van der Waals surface area contributed by atoms with Crippen LogP contribution in [0.3, 0.4) is 0 Å². The van der Waals surface area contributed by atoms with Crippen LogP contribution in [-0.2, 0) is 0 Å². The second kappa shape index (κ2) is 5.88. The molecule has 54 valence electrons. The van der Waals surface area contributed by atoms with Gasteiger partial charge in [0.25, 0.3) is 0 Å². The Hall–Kier alpha value is -1.25. The van der Waals surface area contributed by atoms with Crippen molar-refractivity contribution >= 4 is 19.3 Å². The van der Waals surface area contributed by atoms with E-state index in [1.807, 2.05) is 0 Å². The fourth-order valence-corrected chi connectivity index (χ4v) is 0.439. The fraction of sp³-hybridized carbons (Fsp3) is 0.286. The molecule has 0 N–H and O–H groups in total. The van der Waals surface area contributed by atoms with Crippen molar-refractivity contribution in [2.24, 2.45) is 15.0 Å². The Morgan fingerprint density at radius 2 is 2.30 bits per heavy atom. The van der Waals surface area contributed by atoms with E-state index in [0.29, 0.717) is 6.54 Å². The van der Waals surface area contributed by atoms with E-state index in [-0.39, 0.29) is 0 Å². The fourth-order valence-electron chi connectivity index (χ4n) is 0.439.